The summed E-state index contributed by atoms with van der Waals surface area (Å²) in [5.41, 5.74) is 7.27. The topological polar surface area (TPSA) is 66.0 Å². The van der Waals surface area contributed by atoms with E-state index in [2.05, 4.69) is 4.98 Å². The SMILES string of the molecule is CN(Cc1ccccc1F)c1ccnc(C(=N)N)c1. The molecule has 1 aromatic heterocycles. The highest BCUT2D eigenvalue weighted by atomic mass is 19.1. The van der Waals surface area contributed by atoms with Crippen LogP contribution in [0.4, 0.5) is 10.1 Å². The van der Waals surface area contributed by atoms with E-state index >= 15 is 0 Å². The second-order valence-corrected chi connectivity index (χ2v) is 4.26. The van der Waals surface area contributed by atoms with Crippen molar-refractivity contribution in [3.05, 3.63) is 59.7 Å². The molecule has 0 atom stereocenters. The summed E-state index contributed by atoms with van der Waals surface area (Å²) in [5.74, 6) is -0.309. The summed E-state index contributed by atoms with van der Waals surface area (Å²) in [7, 11) is 1.85. The number of rotatable bonds is 4. The van der Waals surface area contributed by atoms with Crippen LogP contribution in [0.15, 0.2) is 42.6 Å². The second kappa shape index (κ2) is 5.48. The quantitative estimate of drug-likeness (QED) is 0.652. The zero-order valence-corrected chi connectivity index (χ0v) is 10.6. The number of anilines is 1. The van der Waals surface area contributed by atoms with Gasteiger partial charge in [-0.3, -0.25) is 10.4 Å². The van der Waals surface area contributed by atoms with Crippen LogP contribution in [0.2, 0.25) is 0 Å². The average Bonchev–Trinajstić information content (AvgIpc) is 2.41. The predicted octanol–water partition coefficient (Wildman–Crippen LogP) is 2.14. The fourth-order valence-corrected chi connectivity index (χ4v) is 1.78. The lowest BCUT2D eigenvalue weighted by Gasteiger charge is -2.20. The number of aromatic nitrogens is 1. The molecule has 4 nitrogen and oxygen atoms in total. The molecule has 0 bridgehead atoms. The molecule has 1 aromatic carbocycles. The minimum Gasteiger partial charge on any atom is -0.382 e. The van der Waals surface area contributed by atoms with Crippen molar-refractivity contribution >= 4 is 11.5 Å². The van der Waals surface area contributed by atoms with Gasteiger partial charge in [-0.05, 0) is 18.2 Å². The number of benzene rings is 1. The molecule has 19 heavy (non-hydrogen) atoms. The fraction of sp³-hybridized carbons (Fsp3) is 0.143. The van der Waals surface area contributed by atoms with E-state index in [1.54, 1.807) is 36.5 Å². The van der Waals surface area contributed by atoms with Crippen LogP contribution >= 0.6 is 0 Å². The van der Waals surface area contributed by atoms with E-state index in [9.17, 15) is 4.39 Å². The molecule has 0 aliphatic rings. The molecular formula is C14H15FN4. The Balaban J connectivity index is 2.20. The summed E-state index contributed by atoms with van der Waals surface area (Å²) < 4.78 is 13.6. The number of nitrogens with one attached hydrogen (secondary N) is 1. The van der Waals surface area contributed by atoms with Crippen molar-refractivity contribution in [1.29, 1.82) is 5.41 Å². The number of pyridine rings is 1. The van der Waals surface area contributed by atoms with Gasteiger partial charge in [-0.15, -0.1) is 0 Å². The molecule has 1 heterocycles. The minimum absolute atomic E-state index is 0.0823. The Hall–Kier alpha value is -2.43. The number of nitrogens with two attached hydrogens (primary N) is 1. The van der Waals surface area contributed by atoms with E-state index in [-0.39, 0.29) is 11.7 Å². The Kier molecular flexibility index (Phi) is 3.75. The summed E-state index contributed by atoms with van der Waals surface area (Å²) in [4.78, 5) is 5.88. The summed E-state index contributed by atoms with van der Waals surface area (Å²) in [5, 5.41) is 7.37. The lowest BCUT2D eigenvalue weighted by molar-refractivity contribution is 0.608. The number of amidine groups is 1. The third-order valence-corrected chi connectivity index (χ3v) is 2.83. The molecular weight excluding hydrogens is 243 g/mol. The van der Waals surface area contributed by atoms with Crippen LogP contribution in [0, 0.1) is 11.2 Å². The number of nitrogens with zero attached hydrogens (tertiary/aromatic N) is 2. The van der Waals surface area contributed by atoms with Gasteiger partial charge in [-0.25, -0.2) is 4.39 Å². The summed E-state index contributed by atoms with van der Waals surface area (Å²) in [6, 6.07) is 10.2. The molecule has 0 saturated heterocycles. The zero-order chi connectivity index (χ0) is 13.8. The number of hydrogen-bond acceptors (Lipinski definition) is 3. The molecule has 0 spiro atoms. The zero-order valence-electron chi connectivity index (χ0n) is 10.6. The van der Waals surface area contributed by atoms with Crippen LogP contribution in [0.25, 0.3) is 0 Å². The van der Waals surface area contributed by atoms with Gasteiger partial charge in [0.25, 0.3) is 0 Å². The van der Waals surface area contributed by atoms with E-state index in [1.165, 1.54) is 6.07 Å². The normalized spacial score (nSPS) is 10.2. The molecule has 0 fully saturated rings. The number of halogens is 1. The Bertz CT molecular complexity index is 598. The Morgan fingerprint density at radius 2 is 2.11 bits per heavy atom. The van der Waals surface area contributed by atoms with Crippen molar-refractivity contribution in [2.75, 3.05) is 11.9 Å². The first-order chi connectivity index (χ1) is 9.08. The Morgan fingerprint density at radius 1 is 1.37 bits per heavy atom. The number of hydrogen-bond donors (Lipinski definition) is 2. The first-order valence-corrected chi connectivity index (χ1v) is 5.83. The van der Waals surface area contributed by atoms with Crippen molar-refractivity contribution < 1.29 is 4.39 Å². The molecule has 0 aliphatic heterocycles. The number of nitrogen functional groups attached to an aromatic ring is 1. The molecule has 0 amide bonds. The molecule has 5 heteroatoms. The van der Waals surface area contributed by atoms with Gasteiger partial charge >= 0.3 is 0 Å². The molecule has 0 unspecified atom stereocenters. The molecule has 0 radical (unpaired) electrons. The largest absolute Gasteiger partial charge is 0.382 e. The van der Waals surface area contributed by atoms with Gasteiger partial charge < -0.3 is 10.6 Å². The second-order valence-electron chi connectivity index (χ2n) is 4.26. The van der Waals surface area contributed by atoms with Crippen molar-refractivity contribution in [2.45, 2.75) is 6.54 Å². The van der Waals surface area contributed by atoms with Gasteiger partial charge in [0.15, 0.2) is 0 Å². The van der Waals surface area contributed by atoms with Gasteiger partial charge in [0, 0.05) is 31.0 Å². The highest BCUT2D eigenvalue weighted by molar-refractivity contribution is 5.93. The lowest BCUT2D eigenvalue weighted by atomic mass is 10.2. The first kappa shape index (κ1) is 13.0. The Labute approximate surface area is 111 Å². The van der Waals surface area contributed by atoms with Crippen LogP contribution in [-0.2, 0) is 6.54 Å². The van der Waals surface area contributed by atoms with E-state index in [4.69, 9.17) is 11.1 Å². The molecule has 0 saturated carbocycles. The van der Waals surface area contributed by atoms with Crippen molar-refractivity contribution in [1.82, 2.24) is 4.98 Å². The van der Waals surface area contributed by atoms with Gasteiger partial charge in [-0.1, -0.05) is 18.2 Å². The summed E-state index contributed by atoms with van der Waals surface area (Å²) in [6.45, 7) is 0.439. The summed E-state index contributed by atoms with van der Waals surface area (Å²) >= 11 is 0. The molecule has 2 aromatic rings. The molecule has 3 N–H and O–H groups in total. The third-order valence-electron chi connectivity index (χ3n) is 2.83. The van der Waals surface area contributed by atoms with E-state index < -0.39 is 0 Å². The van der Waals surface area contributed by atoms with Gasteiger partial charge in [0.1, 0.15) is 17.3 Å². The van der Waals surface area contributed by atoms with Crippen LogP contribution in [0.5, 0.6) is 0 Å². The molecule has 98 valence electrons. The maximum atomic E-state index is 13.6. The van der Waals surface area contributed by atoms with E-state index in [0.29, 0.717) is 17.8 Å². The van der Waals surface area contributed by atoms with Crippen molar-refractivity contribution in [2.24, 2.45) is 5.73 Å². The smallest absolute Gasteiger partial charge is 0.141 e. The van der Waals surface area contributed by atoms with Crippen LogP contribution < -0.4 is 10.6 Å². The fourth-order valence-electron chi connectivity index (χ4n) is 1.78. The monoisotopic (exact) mass is 258 g/mol. The van der Waals surface area contributed by atoms with E-state index in [1.807, 2.05) is 11.9 Å². The standard InChI is InChI=1S/C14H15FN4/c1-19(9-10-4-2-3-5-12(10)15)11-6-7-18-13(8-11)14(16)17/h2-8H,9H2,1H3,(H3,16,17). The van der Waals surface area contributed by atoms with Crippen LogP contribution in [0.3, 0.4) is 0 Å². The van der Waals surface area contributed by atoms with Gasteiger partial charge in [0.2, 0.25) is 0 Å². The molecule has 2 rings (SSSR count). The van der Waals surface area contributed by atoms with E-state index in [0.717, 1.165) is 5.69 Å². The average molecular weight is 258 g/mol. The van der Waals surface area contributed by atoms with Crippen molar-refractivity contribution in [3.63, 3.8) is 0 Å². The highest BCUT2D eigenvalue weighted by Gasteiger charge is 2.07. The van der Waals surface area contributed by atoms with Gasteiger partial charge in [-0.2, -0.15) is 0 Å². The van der Waals surface area contributed by atoms with Crippen LogP contribution in [-0.4, -0.2) is 17.9 Å². The Morgan fingerprint density at radius 3 is 2.79 bits per heavy atom. The van der Waals surface area contributed by atoms with Gasteiger partial charge in [0.05, 0.1) is 0 Å². The molecule has 0 aliphatic carbocycles. The van der Waals surface area contributed by atoms with Crippen LogP contribution in [0.1, 0.15) is 11.3 Å². The first-order valence-electron chi connectivity index (χ1n) is 5.83. The summed E-state index contributed by atoms with van der Waals surface area (Å²) in [6.07, 6.45) is 1.59. The third kappa shape index (κ3) is 3.07. The van der Waals surface area contributed by atoms with Crippen molar-refractivity contribution in [3.8, 4) is 0 Å². The lowest BCUT2D eigenvalue weighted by Crippen LogP contribution is -2.19. The minimum atomic E-state index is -0.227. The maximum absolute atomic E-state index is 13.6. The highest BCUT2D eigenvalue weighted by Crippen LogP contribution is 2.17. The predicted molar refractivity (Wildman–Crippen MR) is 73.8 cm³/mol. The maximum Gasteiger partial charge on any atom is 0.141 e.